The van der Waals surface area contributed by atoms with E-state index in [1.54, 1.807) is 0 Å². The number of hydrogen-bond donors (Lipinski definition) is 1. The predicted molar refractivity (Wildman–Crippen MR) is 136 cm³/mol. The third-order valence-corrected chi connectivity index (χ3v) is 9.84. The molecule has 1 amide bonds. The number of thiophene rings is 1. The quantitative estimate of drug-likeness (QED) is 0.371. The highest BCUT2D eigenvalue weighted by Gasteiger charge is 2.46. The van der Waals surface area contributed by atoms with E-state index in [2.05, 4.69) is 12.2 Å². The van der Waals surface area contributed by atoms with Crippen LogP contribution in [0.2, 0.25) is 0 Å². The lowest BCUT2D eigenvalue weighted by molar-refractivity contribution is -0.316. The number of nitrogens with one attached hydrogen (secondary N) is 1. The first kappa shape index (κ1) is 24.5. The highest BCUT2D eigenvalue weighted by Crippen LogP contribution is 2.52. The molecule has 1 saturated heterocycles. The Kier molecular flexibility index (Phi) is 7.02. The summed E-state index contributed by atoms with van der Waals surface area (Å²) in [5.74, 6) is 0.233. The summed E-state index contributed by atoms with van der Waals surface area (Å²) in [7, 11) is 1.37. The molecule has 0 unspecified atom stereocenters. The lowest BCUT2D eigenvalue weighted by atomic mass is 9.59. The van der Waals surface area contributed by atoms with Crippen LogP contribution in [0.3, 0.4) is 0 Å². The maximum absolute atomic E-state index is 13.2. The van der Waals surface area contributed by atoms with E-state index in [1.165, 1.54) is 31.3 Å². The fourth-order valence-corrected chi connectivity index (χ4v) is 7.30. The minimum absolute atomic E-state index is 0.00807. The van der Waals surface area contributed by atoms with Crippen molar-refractivity contribution in [2.45, 2.75) is 70.3 Å². The Balaban J connectivity index is 1.21. The molecule has 5 rings (SSSR count). The monoisotopic (exact) mass is 497 g/mol. The Morgan fingerprint density at radius 3 is 2.37 bits per heavy atom. The molecule has 188 valence electrons. The van der Waals surface area contributed by atoms with Gasteiger partial charge in [0.15, 0.2) is 0 Å². The fraction of sp³-hybridized carbons (Fsp3) is 0.571. The van der Waals surface area contributed by atoms with Crippen molar-refractivity contribution in [2.24, 2.45) is 17.3 Å². The van der Waals surface area contributed by atoms with Gasteiger partial charge in [0.2, 0.25) is 5.91 Å². The van der Waals surface area contributed by atoms with Gasteiger partial charge in [-0.15, -0.1) is 11.3 Å². The maximum atomic E-state index is 13.2. The second-order valence-electron chi connectivity index (χ2n) is 10.7. The van der Waals surface area contributed by atoms with Crippen molar-refractivity contribution in [3.8, 4) is 10.4 Å². The number of methoxy groups -OCH3 is 1. The largest absolute Gasteiger partial charge is 0.465 e. The molecule has 2 aliphatic carbocycles. The standard InChI is InChI=1S/C28H35NO5S/c1-27(21-10-14-28(15-11-21)16-17-33-34-28)12-8-20(9-13-27)25(30)29-22-18-23(19-6-4-3-5-7-19)35-24(22)26(31)32-2/h3-7,18,20-21H,8-17H2,1-2H3,(H,29,30). The summed E-state index contributed by atoms with van der Waals surface area (Å²) in [5, 5.41) is 3.07. The second-order valence-corrected chi connectivity index (χ2v) is 11.8. The highest BCUT2D eigenvalue weighted by atomic mass is 32.1. The SMILES string of the molecule is COC(=O)c1sc(-c2ccccc2)cc1NC(=O)C1CCC(C)(C2CCC3(CCOO3)CC2)CC1. The van der Waals surface area contributed by atoms with E-state index >= 15 is 0 Å². The van der Waals surface area contributed by atoms with Crippen LogP contribution in [0.4, 0.5) is 5.69 Å². The minimum Gasteiger partial charge on any atom is -0.465 e. The van der Waals surface area contributed by atoms with E-state index in [0.29, 0.717) is 23.1 Å². The number of carbonyl (C=O) groups is 2. The first-order chi connectivity index (χ1) is 16.9. The Morgan fingerprint density at radius 2 is 1.74 bits per heavy atom. The Morgan fingerprint density at radius 1 is 1.03 bits per heavy atom. The molecule has 3 aliphatic rings. The number of carbonyl (C=O) groups excluding carboxylic acids is 2. The van der Waals surface area contributed by atoms with Gasteiger partial charge in [-0.1, -0.05) is 37.3 Å². The van der Waals surface area contributed by atoms with Gasteiger partial charge in [0.05, 0.1) is 19.4 Å². The normalized spacial score (nSPS) is 30.8. The molecule has 2 heterocycles. The van der Waals surface area contributed by atoms with Crippen molar-refractivity contribution in [1.29, 1.82) is 0 Å². The molecule has 0 bridgehead atoms. The van der Waals surface area contributed by atoms with Gasteiger partial charge >= 0.3 is 5.97 Å². The van der Waals surface area contributed by atoms with E-state index in [1.807, 2.05) is 36.4 Å². The van der Waals surface area contributed by atoms with Gasteiger partial charge in [-0.25, -0.2) is 14.6 Å². The van der Waals surface area contributed by atoms with Gasteiger partial charge < -0.3 is 10.1 Å². The number of rotatable bonds is 5. The lowest BCUT2D eigenvalue weighted by Gasteiger charge is -2.47. The molecular formula is C28H35NO5S. The predicted octanol–water partition coefficient (Wildman–Crippen LogP) is 6.62. The Bertz CT molecular complexity index is 1040. The van der Waals surface area contributed by atoms with Crippen LogP contribution in [0, 0.1) is 17.3 Å². The van der Waals surface area contributed by atoms with Crippen molar-refractivity contribution < 1.29 is 24.1 Å². The molecule has 2 saturated carbocycles. The van der Waals surface area contributed by atoms with Crippen molar-refractivity contribution >= 4 is 28.9 Å². The summed E-state index contributed by atoms with van der Waals surface area (Å²) in [5.41, 5.74) is 1.80. The molecule has 1 spiro atoms. The van der Waals surface area contributed by atoms with Crippen LogP contribution in [0.15, 0.2) is 36.4 Å². The van der Waals surface area contributed by atoms with Gasteiger partial charge in [0.1, 0.15) is 10.5 Å². The molecule has 6 nitrogen and oxygen atoms in total. The Hall–Kier alpha value is -2.22. The van der Waals surface area contributed by atoms with Crippen LogP contribution in [0.5, 0.6) is 0 Å². The molecule has 2 aromatic rings. The van der Waals surface area contributed by atoms with Gasteiger partial charge in [0.25, 0.3) is 0 Å². The molecule has 1 aliphatic heterocycles. The molecule has 1 N–H and O–H groups in total. The van der Waals surface area contributed by atoms with Gasteiger partial charge in [-0.3, -0.25) is 4.79 Å². The maximum Gasteiger partial charge on any atom is 0.350 e. The first-order valence-corrected chi connectivity index (χ1v) is 13.6. The van der Waals surface area contributed by atoms with Crippen LogP contribution >= 0.6 is 11.3 Å². The van der Waals surface area contributed by atoms with Crippen molar-refractivity contribution in [3.63, 3.8) is 0 Å². The van der Waals surface area contributed by atoms with Crippen molar-refractivity contribution in [1.82, 2.24) is 0 Å². The van der Waals surface area contributed by atoms with Crippen LogP contribution in [-0.4, -0.2) is 31.2 Å². The van der Waals surface area contributed by atoms with E-state index in [4.69, 9.17) is 14.5 Å². The molecule has 0 radical (unpaired) electrons. The number of benzene rings is 1. The molecule has 1 aromatic carbocycles. The van der Waals surface area contributed by atoms with E-state index in [0.717, 1.165) is 55.4 Å². The zero-order valence-electron chi connectivity index (χ0n) is 20.6. The summed E-state index contributed by atoms with van der Waals surface area (Å²) in [6.07, 6.45) is 9.41. The number of esters is 1. The summed E-state index contributed by atoms with van der Waals surface area (Å²) < 4.78 is 4.99. The lowest BCUT2D eigenvalue weighted by Crippen LogP contribution is -2.41. The fourth-order valence-electron chi connectivity index (χ4n) is 6.27. The average Bonchev–Trinajstić information content (AvgIpc) is 3.52. The summed E-state index contributed by atoms with van der Waals surface area (Å²) >= 11 is 1.35. The van der Waals surface area contributed by atoms with Crippen LogP contribution in [-0.2, 0) is 19.3 Å². The summed E-state index contributed by atoms with van der Waals surface area (Å²) in [6.45, 7) is 3.13. The second kappa shape index (κ2) is 10.0. The van der Waals surface area contributed by atoms with Gasteiger partial charge in [-0.05, 0) is 74.3 Å². The van der Waals surface area contributed by atoms with Gasteiger partial charge in [-0.2, -0.15) is 0 Å². The molecule has 1 aromatic heterocycles. The number of amides is 1. The topological polar surface area (TPSA) is 73.9 Å². The van der Waals surface area contributed by atoms with E-state index in [9.17, 15) is 9.59 Å². The van der Waals surface area contributed by atoms with Crippen LogP contribution in [0.25, 0.3) is 10.4 Å². The zero-order chi connectivity index (χ0) is 24.5. The minimum atomic E-state index is -0.421. The number of hydrogen-bond acceptors (Lipinski definition) is 6. The third-order valence-electron chi connectivity index (χ3n) is 8.68. The molecule has 3 fully saturated rings. The summed E-state index contributed by atoms with van der Waals surface area (Å²) in [6, 6.07) is 11.8. The average molecular weight is 498 g/mol. The van der Waals surface area contributed by atoms with E-state index < -0.39 is 5.97 Å². The van der Waals surface area contributed by atoms with Gasteiger partial charge in [0, 0.05) is 17.2 Å². The van der Waals surface area contributed by atoms with Crippen LogP contribution < -0.4 is 5.32 Å². The number of ether oxygens (including phenoxy) is 1. The summed E-state index contributed by atoms with van der Waals surface area (Å²) in [4.78, 5) is 37.9. The number of anilines is 1. The molecule has 7 heteroatoms. The van der Waals surface area contributed by atoms with Crippen molar-refractivity contribution in [2.75, 3.05) is 19.0 Å². The molecule has 35 heavy (non-hydrogen) atoms. The smallest absolute Gasteiger partial charge is 0.350 e. The molecular weight excluding hydrogens is 462 g/mol. The first-order valence-electron chi connectivity index (χ1n) is 12.8. The van der Waals surface area contributed by atoms with Crippen molar-refractivity contribution in [3.05, 3.63) is 41.3 Å². The third kappa shape index (κ3) is 5.04. The Labute approximate surface area is 211 Å². The highest BCUT2D eigenvalue weighted by molar-refractivity contribution is 7.18. The zero-order valence-corrected chi connectivity index (χ0v) is 21.5. The van der Waals surface area contributed by atoms with Crippen LogP contribution in [0.1, 0.15) is 74.4 Å². The van der Waals surface area contributed by atoms with E-state index in [-0.39, 0.29) is 22.8 Å². The molecule has 0 atom stereocenters.